The number of hydrogen-bond donors (Lipinski definition) is 6. The molecule has 54 heavy (non-hydrogen) atoms. The fourth-order valence-electron chi connectivity index (χ4n) is 6.68. The van der Waals surface area contributed by atoms with E-state index in [0.29, 0.717) is 45.8 Å². The van der Waals surface area contributed by atoms with Crippen LogP contribution in [-0.2, 0) is 16.6 Å². The molecule has 4 heterocycles. The maximum absolute atomic E-state index is 13.0. The van der Waals surface area contributed by atoms with Crippen LogP contribution in [0, 0.1) is 0 Å². The summed E-state index contributed by atoms with van der Waals surface area (Å²) in [7, 11) is 5.38. The van der Waals surface area contributed by atoms with E-state index in [1.54, 1.807) is 30.5 Å². The number of fused-ring (bicyclic) bond motifs is 1. The highest BCUT2D eigenvalue weighted by Crippen LogP contribution is 2.35. The van der Waals surface area contributed by atoms with Crippen molar-refractivity contribution in [2.75, 3.05) is 39.2 Å². The lowest BCUT2D eigenvalue weighted by Crippen LogP contribution is -2.64. The van der Waals surface area contributed by atoms with Crippen LogP contribution in [0.3, 0.4) is 0 Å². The van der Waals surface area contributed by atoms with Crippen molar-refractivity contribution in [2.45, 2.75) is 62.4 Å². The predicted molar refractivity (Wildman–Crippen MR) is 197 cm³/mol. The van der Waals surface area contributed by atoms with Crippen molar-refractivity contribution in [2.24, 2.45) is 12.0 Å². The molecule has 4 aromatic rings. The van der Waals surface area contributed by atoms with Gasteiger partial charge in [0.1, 0.15) is 29.9 Å². The Balaban J connectivity index is 1.04. The fourth-order valence-corrected chi connectivity index (χ4v) is 6.68. The first-order valence-electron chi connectivity index (χ1n) is 17.7. The van der Waals surface area contributed by atoms with Gasteiger partial charge >= 0.3 is 0 Å². The smallest absolute Gasteiger partial charge is 0.287 e. The third-order valence-electron chi connectivity index (χ3n) is 9.73. The number of ether oxygens (including phenoxy) is 3. The molecule has 2 aliphatic heterocycles. The van der Waals surface area contributed by atoms with Crippen molar-refractivity contribution < 1.29 is 53.4 Å². The number of anilines is 1. The molecular formula is C38H45N5O11. The Kier molecular flexibility index (Phi) is 12.1. The Morgan fingerprint density at radius 3 is 2.61 bits per heavy atom. The minimum absolute atomic E-state index is 0.0955. The average molecular weight is 748 g/mol. The van der Waals surface area contributed by atoms with Crippen LogP contribution in [0.5, 0.6) is 11.5 Å². The molecular weight excluding hydrogens is 702 g/mol. The maximum Gasteiger partial charge on any atom is 0.287 e. The molecule has 0 saturated carbocycles. The number of aromatic nitrogens is 1. The summed E-state index contributed by atoms with van der Waals surface area (Å²) in [6, 6.07) is 10.8. The molecule has 0 spiro atoms. The van der Waals surface area contributed by atoms with E-state index in [0.717, 1.165) is 36.9 Å². The van der Waals surface area contributed by atoms with Gasteiger partial charge in [0.2, 0.25) is 5.91 Å². The SMILES string of the molecule is COc1cc(C=O)c(N=CC2CCCN2C)cc1OCCCC(=O)Nc1cc(-c2ccc3oc(C(=O)NC4C(O)OC(CO)C(O)C4O)cc3c2)n(C)c1. The zero-order valence-electron chi connectivity index (χ0n) is 30.2. The Morgan fingerprint density at radius 2 is 1.89 bits per heavy atom. The second-order valence-corrected chi connectivity index (χ2v) is 13.5. The highest BCUT2D eigenvalue weighted by molar-refractivity contribution is 5.97. The van der Waals surface area contributed by atoms with Crippen LogP contribution < -0.4 is 20.1 Å². The standard InChI is InChI=1S/C38H45N5O11/c1-42-10-4-6-25(42)17-39-26-16-30(29(51-3)14-23(26)19-44)52-11-5-7-33(46)40-24-15-27(43(2)18-24)21-8-9-28-22(12-21)13-31(53-28)37(49)41-34-36(48)35(47)32(20-45)54-38(34)50/h8-9,12-19,25,32,34-36,38,45,47-48,50H,4-7,10-11,20H2,1-3H3,(H,40,46)(H,41,49). The molecule has 0 aliphatic carbocycles. The summed E-state index contributed by atoms with van der Waals surface area (Å²) in [5.41, 5.74) is 3.44. The first-order valence-corrected chi connectivity index (χ1v) is 17.7. The number of nitrogens with zero attached hydrogens (tertiary/aromatic N) is 3. The van der Waals surface area contributed by atoms with E-state index in [4.69, 9.17) is 18.6 Å². The number of hydrogen-bond acceptors (Lipinski definition) is 13. The van der Waals surface area contributed by atoms with Crippen LogP contribution in [0.1, 0.15) is 46.6 Å². The highest BCUT2D eigenvalue weighted by atomic mass is 16.6. The monoisotopic (exact) mass is 747 g/mol. The summed E-state index contributed by atoms with van der Waals surface area (Å²) in [6.07, 6.45) is 1.10. The number of rotatable bonds is 14. The lowest BCUT2D eigenvalue weighted by Gasteiger charge is -2.40. The molecule has 2 fully saturated rings. The van der Waals surface area contributed by atoms with E-state index >= 15 is 0 Å². The topological polar surface area (TPSA) is 218 Å². The van der Waals surface area contributed by atoms with E-state index in [-0.39, 0.29) is 30.7 Å². The van der Waals surface area contributed by atoms with Gasteiger partial charge in [0, 0.05) is 54.6 Å². The molecule has 2 aromatic heterocycles. The molecule has 6 unspecified atom stereocenters. The van der Waals surface area contributed by atoms with Gasteiger partial charge in [-0.2, -0.15) is 0 Å². The van der Waals surface area contributed by atoms with Crippen molar-refractivity contribution in [1.29, 1.82) is 0 Å². The molecule has 6 rings (SSSR count). The second kappa shape index (κ2) is 16.9. The van der Waals surface area contributed by atoms with E-state index in [9.17, 15) is 34.8 Å². The first-order chi connectivity index (χ1) is 26.0. The number of aliphatic imine (C=N–C) groups is 1. The van der Waals surface area contributed by atoms with Gasteiger partial charge in [0.05, 0.1) is 31.7 Å². The lowest BCUT2D eigenvalue weighted by atomic mass is 9.97. The third kappa shape index (κ3) is 8.49. The summed E-state index contributed by atoms with van der Waals surface area (Å²) < 4.78 is 24.1. The molecule has 2 aliphatic rings. The van der Waals surface area contributed by atoms with Crippen molar-refractivity contribution in [3.05, 3.63) is 60.0 Å². The highest BCUT2D eigenvalue weighted by Gasteiger charge is 2.44. The first kappa shape index (κ1) is 38.6. The minimum Gasteiger partial charge on any atom is -0.493 e. The van der Waals surface area contributed by atoms with E-state index in [2.05, 4.69) is 20.5 Å². The van der Waals surface area contributed by atoms with Gasteiger partial charge in [-0.3, -0.25) is 24.3 Å². The molecule has 0 radical (unpaired) electrons. The molecule has 2 saturated heterocycles. The molecule has 6 N–H and O–H groups in total. The molecule has 0 bridgehead atoms. The summed E-state index contributed by atoms with van der Waals surface area (Å²) in [6.45, 7) is 0.604. The van der Waals surface area contributed by atoms with Crippen molar-refractivity contribution in [1.82, 2.24) is 14.8 Å². The zero-order valence-corrected chi connectivity index (χ0v) is 30.2. The van der Waals surface area contributed by atoms with Crippen LogP contribution in [0.15, 0.2) is 58.1 Å². The maximum atomic E-state index is 13.0. The van der Waals surface area contributed by atoms with E-state index in [1.807, 2.05) is 37.0 Å². The Hall–Kier alpha value is -5.10. The zero-order chi connectivity index (χ0) is 38.5. The lowest BCUT2D eigenvalue weighted by molar-refractivity contribution is -0.252. The fraction of sp³-hybridized carbons (Fsp3) is 0.421. The Morgan fingerprint density at radius 1 is 1.07 bits per heavy atom. The second-order valence-electron chi connectivity index (χ2n) is 13.5. The number of carbonyl (C=O) groups excluding carboxylic acids is 3. The molecule has 2 aromatic carbocycles. The Bertz CT molecular complexity index is 2010. The van der Waals surface area contributed by atoms with Crippen molar-refractivity contribution >= 4 is 46.7 Å². The van der Waals surface area contributed by atoms with Crippen LogP contribution >= 0.6 is 0 Å². The van der Waals surface area contributed by atoms with Crippen LogP contribution in [-0.4, -0.2) is 125 Å². The van der Waals surface area contributed by atoms with Crippen molar-refractivity contribution in [3.63, 3.8) is 0 Å². The van der Waals surface area contributed by atoms with Gasteiger partial charge in [0.15, 0.2) is 29.8 Å². The van der Waals surface area contributed by atoms with Crippen LogP contribution in [0.4, 0.5) is 11.4 Å². The molecule has 2 amide bonds. The number of aryl methyl sites for hydroxylation is 1. The van der Waals surface area contributed by atoms with Gasteiger partial charge in [0.25, 0.3) is 5.91 Å². The van der Waals surface area contributed by atoms with E-state index < -0.39 is 43.2 Å². The minimum atomic E-state index is -1.67. The summed E-state index contributed by atoms with van der Waals surface area (Å²) in [5.74, 6) is -0.222. The number of amides is 2. The summed E-state index contributed by atoms with van der Waals surface area (Å²) in [4.78, 5) is 44.4. The largest absolute Gasteiger partial charge is 0.493 e. The molecule has 16 nitrogen and oxygen atoms in total. The Labute approximate surface area is 310 Å². The van der Waals surface area contributed by atoms with Crippen LogP contribution in [0.2, 0.25) is 0 Å². The van der Waals surface area contributed by atoms with Gasteiger partial charge in [-0.15, -0.1) is 0 Å². The summed E-state index contributed by atoms with van der Waals surface area (Å²) in [5, 5.41) is 46.0. The number of aliphatic hydroxyl groups excluding tert-OH is 4. The van der Waals surface area contributed by atoms with Gasteiger partial charge in [-0.05, 0) is 74.8 Å². The molecule has 6 atom stereocenters. The number of aliphatic hydroxyl groups is 4. The number of carbonyl (C=O) groups is 3. The van der Waals surface area contributed by atoms with Gasteiger partial charge in [-0.1, -0.05) is 0 Å². The number of benzene rings is 2. The van der Waals surface area contributed by atoms with Crippen LogP contribution in [0.25, 0.3) is 22.2 Å². The summed E-state index contributed by atoms with van der Waals surface area (Å²) >= 11 is 0. The normalized spacial score (nSPS) is 23.2. The van der Waals surface area contributed by atoms with Gasteiger partial charge < -0.3 is 54.3 Å². The number of nitrogens with one attached hydrogen (secondary N) is 2. The van der Waals surface area contributed by atoms with Crippen molar-refractivity contribution in [3.8, 4) is 22.8 Å². The quantitative estimate of drug-likeness (QED) is 0.0623. The molecule has 16 heteroatoms. The predicted octanol–water partition coefficient (Wildman–Crippen LogP) is 2.38. The number of furan rings is 1. The number of aldehydes is 1. The number of methoxy groups -OCH3 is 1. The average Bonchev–Trinajstić information content (AvgIpc) is 3.89. The molecule has 288 valence electrons. The number of likely N-dealkylation sites (tertiary alicyclic amines) is 1. The van der Waals surface area contributed by atoms with E-state index in [1.165, 1.54) is 13.2 Å². The van der Waals surface area contributed by atoms with Gasteiger partial charge in [-0.25, -0.2) is 0 Å². The third-order valence-corrected chi connectivity index (χ3v) is 9.73.